The first-order valence-corrected chi connectivity index (χ1v) is 17.0. The molecule has 0 unspecified atom stereocenters. The van der Waals surface area contributed by atoms with Crippen LogP contribution in [0.25, 0.3) is 18.0 Å². The van der Waals surface area contributed by atoms with Crippen LogP contribution in [0.2, 0.25) is 0 Å². The van der Waals surface area contributed by atoms with Gasteiger partial charge in [-0.2, -0.15) is 0 Å². The Kier molecular flexibility index (Phi) is 22.8. The summed E-state index contributed by atoms with van der Waals surface area (Å²) in [5, 5.41) is 7.61. The van der Waals surface area contributed by atoms with E-state index in [1.807, 2.05) is 103 Å². The standard InChI is InChI=1S/C33H37ClN4O2.3C2H6/c1-5-8-18-31-27(23-35-24(4)36-29(22-34)13-6-2)20-26(19-25-14-10-9-11-15-25)33(40)38(31)30-17-12-16-28(21-30)37-32(39)7-3;3*1-2/h7,9-18,20-21,23H,3,5-6,8,19,22H2,1-2,4H3,(H,35,36)(H,37,39);3*1-2H3/b27-23-,29-13+,31-18-;;;. The second-order valence-electron chi connectivity index (χ2n) is 9.29. The van der Waals surface area contributed by atoms with Gasteiger partial charge in [0.2, 0.25) is 5.91 Å². The number of amidine groups is 1. The van der Waals surface area contributed by atoms with E-state index in [1.54, 1.807) is 22.9 Å². The largest absolute Gasteiger partial charge is 0.347 e. The maximum atomic E-state index is 14.0. The smallest absolute Gasteiger partial charge is 0.259 e. The van der Waals surface area contributed by atoms with Crippen molar-refractivity contribution in [2.24, 2.45) is 4.99 Å². The Hall–Kier alpha value is -4.16. The van der Waals surface area contributed by atoms with Crippen LogP contribution < -0.4 is 26.8 Å². The van der Waals surface area contributed by atoms with E-state index < -0.39 is 0 Å². The minimum Gasteiger partial charge on any atom is -0.347 e. The number of hydrogen-bond donors (Lipinski definition) is 2. The lowest BCUT2D eigenvalue weighted by Crippen LogP contribution is -2.44. The molecule has 250 valence electrons. The quantitative estimate of drug-likeness (QED) is 0.0949. The number of rotatable bonds is 11. The summed E-state index contributed by atoms with van der Waals surface area (Å²) in [6, 6.07) is 19.1. The summed E-state index contributed by atoms with van der Waals surface area (Å²) >= 11 is 6.08. The number of carbonyl (C=O) groups excluding carboxylic acids is 1. The van der Waals surface area contributed by atoms with Crippen LogP contribution in [-0.2, 0) is 11.2 Å². The highest BCUT2D eigenvalue weighted by Gasteiger charge is 2.11. The lowest BCUT2D eigenvalue weighted by atomic mass is 10.0. The maximum Gasteiger partial charge on any atom is 0.259 e. The first-order chi connectivity index (χ1) is 22.4. The van der Waals surface area contributed by atoms with Crippen molar-refractivity contribution in [2.45, 2.75) is 88.0 Å². The minimum atomic E-state index is -0.320. The zero-order chi connectivity index (χ0) is 34.9. The van der Waals surface area contributed by atoms with E-state index in [1.165, 1.54) is 6.08 Å². The number of amides is 1. The van der Waals surface area contributed by atoms with Gasteiger partial charge in [0.05, 0.1) is 16.9 Å². The van der Waals surface area contributed by atoms with Gasteiger partial charge in [0.1, 0.15) is 5.84 Å². The Bertz CT molecular complexity index is 1570. The Labute approximate surface area is 282 Å². The fourth-order valence-corrected chi connectivity index (χ4v) is 4.41. The molecule has 0 saturated carbocycles. The molecule has 0 atom stereocenters. The molecule has 0 radical (unpaired) electrons. The van der Waals surface area contributed by atoms with Gasteiger partial charge in [-0.25, -0.2) is 4.99 Å². The molecule has 1 amide bonds. The predicted molar refractivity (Wildman–Crippen MR) is 203 cm³/mol. The molecule has 0 aliphatic heterocycles. The lowest BCUT2D eigenvalue weighted by Gasteiger charge is -2.13. The topological polar surface area (TPSA) is 75.5 Å². The normalized spacial score (nSPS) is 11.6. The number of allylic oxidation sites excluding steroid dienone is 2. The summed E-state index contributed by atoms with van der Waals surface area (Å²) in [5.74, 6) is 0.735. The maximum absolute atomic E-state index is 14.0. The third kappa shape index (κ3) is 13.9. The second kappa shape index (κ2) is 25.1. The fourth-order valence-electron chi connectivity index (χ4n) is 4.23. The highest BCUT2D eigenvalue weighted by molar-refractivity contribution is 6.19. The summed E-state index contributed by atoms with van der Waals surface area (Å²) in [6.45, 7) is 21.6. The lowest BCUT2D eigenvalue weighted by molar-refractivity contribution is -0.111. The van der Waals surface area contributed by atoms with E-state index in [0.717, 1.165) is 41.1 Å². The van der Waals surface area contributed by atoms with Crippen LogP contribution in [0.4, 0.5) is 5.69 Å². The molecule has 46 heavy (non-hydrogen) atoms. The molecule has 0 saturated heterocycles. The predicted octanol–water partition coefficient (Wildman–Crippen LogP) is 8.49. The van der Waals surface area contributed by atoms with Crippen molar-refractivity contribution in [3.05, 3.63) is 117 Å². The van der Waals surface area contributed by atoms with E-state index in [9.17, 15) is 9.59 Å². The zero-order valence-corrected chi connectivity index (χ0v) is 30.2. The average Bonchev–Trinajstić information content (AvgIpc) is 3.10. The first kappa shape index (κ1) is 41.8. The zero-order valence-electron chi connectivity index (χ0n) is 29.4. The molecule has 7 heteroatoms. The van der Waals surface area contributed by atoms with Crippen molar-refractivity contribution >= 4 is 41.3 Å². The first-order valence-electron chi connectivity index (χ1n) is 16.5. The van der Waals surface area contributed by atoms with Crippen LogP contribution in [0.3, 0.4) is 0 Å². The fraction of sp³-hybridized carbons (Fsp3) is 0.359. The van der Waals surface area contributed by atoms with Crippen LogP contribution in [0.5, 0.6) is 0 Å². The second-order valence-corrected chi connectivity index (χ2v) is 9.56. The Morgan fingerprint density at radius 3 is 2.24 bits per heavy atom. The number of aromatic nitrogens is 1. The molecule has 0 spiro atoms. The molecule has 0 fully saturated rings. The molecule has 6 nitrogen and oxygen atoms in total. The van der Waals surface area contributed by atoms with Gasteiger partial charge in [-0.1, -0.05) is 117 Å². The monoisotopic (exact) mass is 646 g/mol. The number of hydrogen-bond acceptors (Lipinski definition) is 3. The van der Waals surface area contributed by atoms with Gasteiger partial charge in [0.25, 0.3) is 5.56 Å². The highest BCUT2D eigenvalue weighted by atomic mass is 35.5. The van der Waals surface area contributed by atoms with E-state index >= 15 is 0 Å². The van der Waals surface area contributed by atoms with Gasteiger partial charge < -0.3 is 10.6 Å². The number of halogens is 1. The molecule has 0 bridgehead atoms. The van der Waals surface area contributed by atoms with E-state index in [4.69, 9.17) is 16.6 Å². The number of unbranched alkanes of at least 4 members (excludes halogenated alkanes) is 1. The van der Waals surface area contributed by atoms with Crippen molar-refractivity contribution in [3.63, 3.8) is 0 Å². The molecule has 1 aromatic heterocycles. The van der Waals surface area contributed by atoms with E-state index in [2.05, 4.69) is 37.1 Å². The molecular formula is C39H55ClN4O2. The Morgan fingerprint density at radius 2 is 1.65 bits per heavy atom. The van der Waals surface area contributed by atoms with Gasteiger partial charge in [-0.3, -0.25) is 14.2 Å². The number of nitrogens with zero attached hydrogens (tertiary/aromatic N) is 2. The van der Waals surface area contributed by atoms with Crippen molar-refractivity contribution in [1.82, 2.24) is 9.88 Å². The van der Waals surface area contributed by atoms with Gasteiger partial charge in [-0.05, 0) is 55.7 Å². The number of nitrogens with one attached hydrogen (secondary N) is 2. The summed E-state index contributed by atoms with van der Waals surface area (Å²) in [5.41, 5.74) is 3.67. The summed E-state index contributed by atoms with van der Waals surface area (Å²) in [4.78, 5) is 30.7. The molecule has 2 aromatic carbocycles. The molecular weight excluding hydrogens is 592 g/mol. The Balaban J connectivity index is 0.00000318. The molecule has 0 aliphatic rings. The number of anilines is 1. The number of pyridine rings is 1. The minimum absolute atomic E-state index is 0.121. The Morgan fingerprint density at radius 1 is 0.978 bits per heavy atom. The van der Waals surface area contributed by atoms with Crippen LogP contribution in [-0.4, -0.2) is 22.2 Å². The van der Waals surface area contributed by atoms with E-state index in [0.29, 0.717) is 35.1 Å². The molecule has 3 rings (SSSR count). The summed E-state index contributed by atoms with van der Waals surface area (Å²) in [6.07, 6.45) is 10.1. The molecule has 3 aromatic rings. The van der Waals surface area contributed by atoms with Crippen molar-refractivity contribution < 1.29 is 4.79 Å². The number of aliphatic imine (C=N–C) groups is 1. The van der Waals surface area contributed by atoms with Crippen molar-refractivity contribution in [1.29, 1.82) is 0 Å². The van der Waals surface area contributed by atoms with Gasteiger partial charge in [-0.15, -0.1) is 11.6 Å². The van der Waals surface area contributed by atoms with Crippen LogP contribution >= 0.6 is 11.6 Å². The van der Waals surface area contributed by atoms with E-state index in [-0.39, 0.29) is 11.5 Å². The molecule has 1 heterocycles. The van der Waals surface area contributed by atoms with Crippen LogP contribution in [0.1, 0.15) is 92.7 Å². The number of benzene rings is 2. The molecule has 0 aliphatic carbocycles. The third-order valence-electron chi connectivity index (χ3n) is 6.10. The summed E-state index contributed by atoms with van der Waals surface area (Å²) in [7, 11) is 0. The van der Waals surface area contributed by atoms with Gasteiger partial charge in [0.15, 0.2) is 0 Å². The van der Waals surface area contributed by atoms with Crippen LogP contribution in [0, 0.1) is 0 Å². The summed E-state index contributed by atoms with van der Waals surface area (Å²) < 4.78 is 1.71. The van der Waals surface area contributed by atoms with Crippen molar-refractivity contribution in [3.8, 4) is 5.69 Å². The van der Waals surface area contributed by atoms with Crippen LogP contribution in [0.15, 0.2) is 94.9 Å². The molecule has 2 N–H and O–H groups in total. The number of alkyl halides is 1. The average molecular weight is 647 g/mol. The van der Waals surface area contributed by atoms with Crippen molar-refractivity contribution in [2.75, 3.05) is 11.2 Å². The SMILES string of the molecule is C=CC(=O)Nc1cccc(-n2c(=O)c(Cc3ccccc3)cc(=C/N=C(C)N/C(=C/CC)CCl)/c2=C/CCC)c1.CC.CC.CC. The highest BCUT2D eigenvalue weighted by Crippen LogP contribution is 2.13. The number of carbonyl (C=O) groups is 1. The third-order valence-corrected chi connectivity index (χ3v) is 6.39. The van der Waals surface area contributed by atoms with Gasteiger partial charge in [0, 0.05) is 34.8 Å². The van der Waals surface area contributed by atoms with Gasteiger partial charge >= 0.3 is 0 Å².